The monoisotopic (exact) mass is 505 g/mol. The number of fused-ring (bicyclic) bond motifs is 1. The van der Waals surface area contributed by atoms with E-state index in [0.29, 0.717) is 41.4 Å². The standard InChI is InChI=1S/C27H29N4O4S/c1-4-30(21-11-6-5-7-12-21)27(32)31-24-14-9-8-13-22(24)29-26(31)36(33)19-23-20(2)25(15-16-28-23)35-18-10-17-34-3/h5-9,11-16H,1,4,10,17-19H2,2-3H3. The molecule has 36 heavy (non-hydrogen) atoms. The lowest BCUT2D eigenvalue weighted by Gasteiger charge is -2.22. The number of methoxy groups -OCH3 is 1. The van der Waals surface area contributed by atoms with Gasteiger partial charge in [0.05, 0.1) is 23.3 Å². The molecule has 1 amide bonds. The van der Waals surface area contributed by atoms with Gasteiger partial charge in [-0.15, -0.1) is 0 Å². The smallest absolute Gasteiger partial charge is 0.338 e. The molecule has 0 spiro atoms. The Morgan fingerprint density at radius 2 is 1.86 bits per heavy atom. The number of nitrogens with zero attached hydrogens (tertiary/aromatic N) is 4. The van der Waals surface area contributed by atoms with Crippen LogP contribution in [-0.4, -0.2) is 52.0 Å². The van der Waals surface area contributed by atoms with Gasteiger partial charge in [0, 0.05) is 55.3 Å². The third-order valence-electron chi connectivity index (χ3n) is 5.72. The van der Waals surface area contributed by atoms with Crippen molar-refractivity contribution >= 4 is 33.9 Å². The van der Waals surface area contributed by atoms with Crippen LogP contribution in [0.2, 0.25) is 0 Å². The molecule has 0 fully saturated rings. The van der Waals surface area contributed by atoms with Crippen molar-refractivity contribution in [1.29, 1.82) is 0 Å². The minimum Gasteiger partial charge on any atom is -0.609 e. The van der Waals surface area contributed by atoms with Crippen molar-refractivity contribution < 1.29 is 18.8 Å². The SMILES string of the molecule is [CH2]CN(C(=O)n1c([S+]([O-])Cc2nccc(OCCCOC)c2C)nc2ccccc21)c1ccccc1. The summed E-state index contributed by atoms with van der Waals surface area (Å²) in [6.45, 7) is 7.14. The van der Waals surface area contributed by atoms with Gasteiger partial charge in [-0.2, -0.15) is 4.98 Å². The number of amides is 1. The van der Waals surface area contributed by atoms with Crippen LogP contribution in [0.25, 0.3) is 11.0 Å². The van der Waals surface area contributed by atoms with Crippen LogP contribution < -0.4 is 9.64 Å². The maximum atomic E-state index is 13.8. The summed E-state index contributed by atoms with van der Waals surface area (Å²) in [7, 11) is 1.65. The van der Waals surface area contributed by atoms with Gasteiger partial charge in [0.15, 0.2) is 5.75 Å². The molecule has 9 heteroatoms. The predicted octanol–water partition coefficient (Wildman–Crippen LogP) is 4.77. The van der Waals surface area contributed by atoms with Crippen LogP contribution in [0.5, 0.6) is 5.75 Å². The first kappa shape index (κ1) is 25.7. The Labute approximate surface area is 214 Å². The van der Waals surface area contributed by atoms with E-state index in [2.05, 4.69) is 16.9 Å². The molecule has 4 rings (SSSR count). The van der Waals surface area contributed by atoms with Gasteiger partial charge in [0.2, 0.25) is 0 Å². The lowest BCUT2D eigenvalue weighted by Crippen LogP contribution is -2.36. The number of anilines is 1. The second-order valence-corrected chi connectivity index (χ2v) is 9.40. The highest BCUT2D eigenvalue weighted by Gasteiger charge is 2.30. The number of hydrogen-bond acceptors (Lipinski definition) is 6. The van der Waals surface area contributed by atoms with E-state index in [1.165, 1.54) is 9.47 Å². The summed E-state index contributed by atoms with van der Waals surface area (Å²) in [5, 5.41) is 0.170. The lowest BCUT2D eigenvalue weighted by molar-refractivity contribution is 0.172. The van der Waals surface area contributed by atoms with E-state index in [9.17, 15) is 9.35 Å². The van der Waals surface area contributed by atoms with E-state index < -0.39 is 11.2 Å². The molecule has 2 aromatic heterocycles. The average Bonchev–Trinajstić information content (AvgIpc) is 3.29. The molecule has 8 nitrogen and oxygen atoms in total. The molecular formula is C27H29N4O4S. The van der Waals surface area contributed by atoms with Crippen LogP contribution in [0.1, 0.15) is 17.7 Å². The first-order valence-corrected chi connectivity index (χ1v) is 12.9. The first-order valence-electron chi connectivity index (χ1n) is 11.6. The van der Waals surface area contributed by atoms with Gasteiger partial charge in [0.1, 0.15) is 5.75 Å². The molecule has 1 atom stereocenters. The normalized spacial score (nSPS) is 12.0. The van der Waals surface area contributed by atoms with Gasteiger partial charge < -0.3 is 14.0 Å². The minimum absolute atomic E-state index is 0.0907. The first-order chi connectivity index (χ1) is 17.5. The van der Waals surface area contributed by atoms with E-state index in [1.54, 1.807) is 31.5 Å². The summed E-state index contributed by atoms with van der Waals surface area (Å²) in [5.41, 5.74) is 3.30. The van der Waals surface area contributed by atoms with Crippen LogP contribution in [0.4, 0.5) is 10.5 Å². The molecule has 0 aliphatic heterocycles. The average molecular weight is 506 g/mol. The van der Waals surface area contributed by atoms with Crippen molar-refractivity contribution in [3.05, 3.63) is 85.0 Å². The fourth-order valence-electron chi connectivity index (χ4n) is 3.84. The third kappa shape index (κ3) is 5.53. The van der Waals surface area contributed by atoms with Crippen LogP contribution in [0.3, 0.4) is 0 Å². The summed E-state index contributed by atoms with van der Waals surface area (Å²) < 4.78 is 26.0. The zero-order valence-electron chi connectivity index (χ0n) is 20.4. The second-order valence-electron chi connectivity index (χ2n) is 8.05. The molecule has 4 aromatic rings. The van der Waals surface area contributed by atoms with Gasteiger partial charge in [0.25, 0.3) is 0 Å². The topological polar surface area (TPSA) is 92.5 Å². The number of aromatic nitrogens is 3. The fraction of sp³-hybridized carbons (Fsp3) is 0.259. The van der Waals surface area contributed by atoms with Crippen LogP contribution in [-0.2, 0) is 21.7 Å². The molecule has 1 radical (unpaired) electrons. The zero-order chi connectivity index (χ0) is 25.5. The van der Waals surface area contributed by atoms with Gasteiger partial charge in [-0.05, 0) is 44.2 Å². The zero-order valence-corrected chi connectivity index (χ0v) is 21.2. The summed E-state index contributed by atoms with van der Waals surface area (Å²) in [6, 6.07) is 18.0. The number of carbonyl (C=O) groups excluding carboxylic acids is 1. The maximum Gasteiger partial charge on any atom is 0.338 e. The van der Waals surface area contributed by atoms with Crippen LogP contribution >= 0.6 is 0 Å². The number of pyridine rings is 1. The van der Waals surface area contributed by atoms with Crippen LogP contribution in [0, 0.1) is 13.8 Å². The second kappa shape index (κ2) is 12.0. The highest BCUT2D eigenvalue weighted by atomic mass is 32.2. The summed E-state index contributed by atoms with van der Waals surface area (Å²) in [5.74, 6) is 0.776. The van der Waals surface area contributed by atoms with Gasteiger partial charge in [-0.1, -0.05) is 30.3 Å². The quantitative estimate of drug-likeness (QED) is 0.228. The Bertz CT molecular complexity index is 1310. The van der Waals surface area contributed by atoms with Gasteiger partial charge in [-0.25, -0.2) is 9.36 Å². The molecule has 0 bridgehead atoms. The lowest BCUT2D eigenvalue weighted by atomic mass is 10.2. The Hall–Kier alpha value is -3.40. The van der Waals surface area contributed by atoms with Crippen molar-refractivity contribution in [3.63, 3.8) is 0 Å². The Morgan fingerprint density at radius 3 is 2.61 bits per heavy atom. The molecule has 0 aliphatic carbocycles. The molecule has 1 unspecified atom stereocenters. The fourth-order valence-corrected chi connectivity index (χ4v) is 5.09. The predicted molar refractivity (Wildman–Crippen MR) is 141 cm³/mol. The summed E-state index contributed by atoms with van der Waals surface area (Å²) in [6.07, 6.45) is 2.40. The van der Waals surface area contributed by atoms with Crippen molar-refractivity contribution in [1.82, 2.24) is 14.5 Å². The number of imidazole rings is 1. The molecule has 187 valence electrons. The summed E-state index contributed by atoms with van der Waals surface area (Å²) >= 11 is -1.66. The molecular weight excluding hydrogens is 476 g/mol. The van der Waals surface area contributed by atoms with E-state index in [4.69, 9.17) is 9.47 Å². The van der Waals surface area contributed by atoms with Crippen molar-refractivity contribution in [2.75, 3.05) is 31.8 Å². The molecule has 2 heterocycles. The highest BCUT2D eigenvalue weighted by Crippen LogP contribution is 2.27. The maximum absolute atomic E-state index is 13.8. The van der Waals surface area contributed by atoms with Crippen molar-refractivity contribution in [3.8, 4) is 5.75 Å². The Balaban J connectivity index is 1.66. The Kier molecular flexibility index (Phi) is 8.58. The van der Waals surface area contributed by atoms with Gasteiger partial charge in [-0.3, -0.25) is 9.88 Å². The van der Waals surface area contributed by atoms with Crippen LogP contribution in [0.15, 0.2) is 72.0 Å². The molecule has 0 saturated heterocycles. The summed E-state index contributed by atoms with van der Waals surface area (Å²) in [4.78, 5) is 24.3. The molecule has 2 aromatic carbocycles. The third-order valence-corrected chi connectivity index (χ3v) is 6.94. The van der Waals surface area contributed by atoms with E-state index in [0.717, 1.165) is 12.0 Å². The number of para-hydroxylation sites is 3. The minimum atomic E-state index is -1.66. The number of rotatable bonds is 10. The molecule has 0 aliphatic rings. The van der Waals surface area contributed by atoms with E-state index >= 15 is 0 Å². The molecule has 0 N–H and O–H groups in total. The van der Waals surface area contributed by atoms with Crippen molar-refractivity contribution in [2.24, 2.45) is 0 Å². The number of benzene rings is 2. The van der Waals surface area contributed by atoms with E-state index in [1.807, 2.05) is 49.4 Å². The number of ether oxygens (including phenoxy) is 2. The Morgan fingerprint density at radius 1 is 1.11 bits per heavy atom. The molecule has 0 saturated carbocycles. The van der Waals surface area contributed by atoms with Crippen molar-refractivity contribution in [2.45, 2.75) is 24.3 Å². The van der Waals surface area contributed by atoms with Gasteiger partial charge >= 0.3 is 11.2 Å². The number of carbonyl (C=O) groups is 1. The van der Waals surface area contributed by atoms with E-state index in [-0.39, 0.29) is 23.5 Å². The number of hydrogen-bond donors (Lipinski definition) is 0. The largest absolute Gasteiger partial charge is 0.609 e. The highest BCUT2D eigenvalue weighted by molar-refractivity contribution is 7.90.